The zero-order chi connectivity index (χ0) is 15.4. The molecular formula is C14H20FN5O. The maximum Gasteiger partial charge on any atom is 0.167 e. The van der Waals surface area contributed by atoms with Crippen LogP contribution >= 0.6 is 0 Å². The van der Waals surface area contributed by atoms with Gasteiger partial charge in [-0.15, -0.1) is 10.2 Å². The van der Waals surface area contributed by atoms with Crippen LogP contribution in [0, 0.1) is 5.82 Å². The van der Waals surface area contributed by atoms with Gasteiger partial charge in [-0.05, 0) is 13.8 Å². The van der Waals surface area contributed by atoms with Gasteiger partial charge in [0.2, 0.25) is 0 Å². The second-order valence-electron chi connectivity index (χ2n) is 5.07. The van der Waals surface area contributed by atoms with Crippen LogP contribution in [0.1, 0.15) is 19.7 Å². The summed E-state index contributed by atoms with van der Waals surface area (Å²) in [4.78, 5) is 0. The van der Waals surface area contributed by atoms with E-state index in [0.717, 1.165) is 5.82 Å². The quantitative estimate of drug-likeness (QED) is 0.796. The molecule has 2 aromatic rings. The van der Waals surface area contributed by atoms with Gasteiger partial charge in [-0.1, -0.05) is 0 Å². The van der Waals surface area contributed by atoms with Crippen LogP contribution in [0.5, 0.6) is 5.75 Å². The summed E-state index contributed by atoms with van der Waals surface area (Å²) in [5, 5.41) is 11.0. The molecule has 0 amide bonds. The van der Waals surface area contributed by atoms with Gasteiger partial charge >= 0.3 is 0 Å². The van der Waals surface area contributed by atoms with Crippen molar-refractivity contribution >= 4 is 11.4 Å². The van der Waals surface area contributed by atoms with Gasteiger partial charge in [0.15, 0.2) is 11.6 Å². The topological polar surface area (TPSA) is 78.0 Å². The summed E-state index contributed by atoms with van der Waals surface area (Å²) in [5.41, 5.74) is 6.82. The number of hydrogen-bond acceptors (Lipinski definition) is 5. The Balaban J connectivity index is 2.03. The molecule has 0 saturated heterocycles. The fourth-order valence-corrected chi connectivity index (χ4v) is 1.91. The average Bonchev–Trinajstić information content (AvgIpc) is 2.80. The first-order chi connectivity index (χ1) is 9.97. The number of nitrogens with two attached hydrogens (primary N) is 1. The molecular weight excluding hydrogens is 273 g/mol. The predicted molar refractivity (Wildman–Crippen MR) is 79.8 cm³/mol. The van der Waals surface area contributed by atoms with Crippen molar-refractivity contribution in [3.8, 4) is 5.75 Å². The lowest BCUT2D eigenvalue weighted by molar-refractivity contribution is 0.231. The molecule has 0 saturated carbocycles. The lowest BCUT2D eigenvalue weighted by atomic mass is 10.2. The summed E-state index contributed by atoms with van der Waals surface area (Å²) >= 11 is 0. The van der Waals surface area contributed by atoms with Crippen molar-refractivity contribution in [1.82, 2.24) is 14.8 Å². The standard InChI is InChI=1S/C14H20FN5O/c1-9(2)21-13-7-12(11(16)6-10(13)15)17-5-4-14-19-18-8-20(14)3/h6-9,17H,4-5,16H2,1-3H3. The van der Waals surface area contributed by atoms with Gasteiger partial charge in [0, 0.05) is 32.1 Å². The first-order valence-electron chi connectivity index (χ1n) is 6.79. The van der Waals surface area contributed by atoms with Crippen molar-refractivity contribution in [2.75, 3.05) is 17.6 Å². The van der Waals surface area contributed by atoms with Gasteiger partial charge in [-0.3, -0.25) is 0 Å². The van der Waals surface area contributed by atoms with Gasteiger partial charge < -0.3 is 20.4 Å². The lowest BCUT2D eigenvalue weighted by Gasteiger charge is -2.15. The van der Waals surface area contributed by atoms with E-state index in [-0.39, 0.29) is 11.9 Å². The molecule has 0 aliphatic heterocycles. The molecule has 21 heavy (non-hydrogen) atoms. The predicted octanol–water partition coefficient (Wildman–Crippen LogP) is 1.98. The highest BCUT2D eigenvalue weighted by atomic mass is 19.1. The number of benzene rings is 1. The molecule has 6 nitrogen and oxygen atoms in total. The first-order valence-corrected chi connectivity index (χ1v) is 6.79. The van der Waals surface area contributed by atoms with E-state index in [1.807, 2.05) is 25.5 Å². The molecule has 2 rings (SSSR count). The van der Waals surface area contributed by atoms with Crippen molar-refractivity contribution in [2.24, 2.45) is 7.05 Å². The van der Waals surface area contributed by atoms with Crippen molar-refractivity contribution in [3.05, 3.63) is 30.1 Å². The van der Waals surface area contributed by atoms with Crippen molar-refractivity contribution in [3.63, 3.8) is 0 Å². The minimum atomic E-state index is -0.458. The molecule has 0 spiro atoms. The number of ether oxygens (including phenoxy) is 1. The molecule has 0 atom stereocenters. The fraction of sp³-hybridized carbons (Fsp3) is 0.429. The summed E-state index contributed by atoms with van der Waals surface area (Å²) in [5.74, 6) is 0.599. The van der Waals surface area contributed by atoms with Gasteiger partial charge in [0.05, 0.1) is 17.5 Å². The van der Waals surface area contributed by atoms with Crippen molar-refractivity contribution in [1.29, 1.82) is 0 Å². The molecule has 0 unspecified atom stereocenters. The van der Waals surface area contributed by atoms with E-state index in [2.05, 4.69) is 15.5 Å². The minimum Gasteiger partial charge on any atom is -0.488 e. The third-order valence-electron chi connectivity index (χ3n) is 2.94. The molecule has 0 fully saturated rings. The summed E-state index contributed by atoms with van der Waals surface area (Å²) in [6, 6.07) is 2.85. The number of hydrogen-bond donors (Lipinski definition) is 2. The van der Waals surface area contributed by atoms with Crippen LogP contribution in [0.4, 0.5) is 15.8 Å². The maximum atomic E-state index is 13.7. The van der Waals surface area contributed by atoms with Crippen LogP contribution in [0.3, 0.4) is 0 Å². The molecule has 3 N–H and O–H groups in total. The largest absolute Gasteiger partial charge is 0.488 e. The number of nitrogens with zero attached hydrogens (tertiary/aromatic N) is 3. The second-order valence-corrected chi connectivity index (χ2v) is 5.07. The minimum absolute atomic E-state index is 0.102. The number of aryl methyl sites for hydroxylation is 1. The summed E-state index contributed by atoms with van der Waals surface area (Å²) in [6.45, 7) is 4.30. The Labute approximate surface area is 123 Å². The van der Waals surface area contributed by atoms with E-state index in [1.165, 1.54) is 6.07 Å². The highest BCUT2D eigenvalue weighted by Crippen LogP contribution is 2.28. The molecule has 0 aliphatic carbocycles. The maximum absolute atomic E-state index is 13.7. The molecule has 1 aromatic heterocycles. The SMILES string of the molecule is CC(C)Oc1cc(NCCc2nncn2C)c(N)cc1F. The van der Waals surface area contributed by atoms with Crippen molar-refractivity contribution < 1.29 is 9.13 Å². The monoisotopic (exact) mass is 293 g/mol. The second kappa shape index (κ2) is 6.43. The smallest absolute Gasteiger partial charge is 0.167 e. The average molecular weight is 293 g/mol. The van der Waals surface area contributed by atoms with Crippen molar-refractivity contribution in [2.45, 2.75) is 26.4 Å². The van der Waals surface area contributed by atoms with E-state index in [1.54, 1.807) is 12.4 Å². The number of anilines is 2. The molecule has 0 radical (unpaired) electrons. The summed E-state index contributed by atoms with van der Waals surface area (Å²) < 4.78 is 21.0. The van der Waals surface area contributed by atoms with Crippen LogP contribution in [0.2, 0.25) is 0 Å². The Morgan fingerprint density at radius 1 is 1.43 bits per heavy atom. The van der Waals surface area contributed by atoms with E-state index < -0.39 is 5.82 Å². The highest BCUT2D eigenvalue weighted by Gasteiger charge is 2.10. The Hall–Kier alpha value is -2.31. The Morgan fingerprint density at radius 3 is 2.81 bits per heavy atom. The zero-order valence-corrected chi connectivity index (χ0v) is 12.4. The van der Waals surface area contributed by atoms with Gasteiger partial charge in [0.25, 0.3) is 0 Å². The van der Waals surface area contributed by atoms with Crippen LogP contribution in [0.25, 0.3) is 0 Å². The number of nitrogens with one attached hydrogen (secondary N) is 1. The van der Waals surface area contributed by atoms with E-state index in [9.17, 15) is 4.39 Å². The molecule has 7 heteroatoms. The molecule has 1 heterocycles. The fourth-order valence-electron chi connectivity index (χ4n) is 1.91. The number of halogens is 1. The third-order valence-corrected chi connectivity index (χ3v) is 2.94. The molecule has 114 valence electrons. The highest BCUT2D eigenvalue weighted by molar-refractivity contribution is 5.68. The van der Waals surface area contributed by atoms with Crippen LogP contribution < -0.4 is 15.8 Å². The van der Waals surface area contributed by atoms with E-state index in [4.69, 9.17) is 10.5 Å². The Kier molecular flexibility index (Phi) is 4.62. The summed E-state index contributed by atoms with van der Waals surface area (Å²) in [7, 11) is 1.89. The molecule has 1 aromatic carbocycles. The number of rotatable bonds is 6. The van der Waals surface area contributed by atoms with E-state index in [0.29, 0.717) is 24.3 Å². The van der Waals surface area contributed by atoms with Gasteiger partial charge in [-0.2, -0.15) is 0 Å². The van der Waals surface area contributed by atoms with E-state index >= 15 is 0 Å². The Bertz CT molecular complexity index is 611. The number of aromatic nitrogens is 3. The Morgan fingerprint density at radius 2 is 2.19 bits per heavy atom. The third kappa shape index (κ3) is 3.84. The van der Waals surface area contributed by atoms with Gasteiger partial charge in [0.1, 0.15) is 12.2 Å². The summed E-state index contributed by atoms with van der Waals surface area (Å²) in [6.07, 6.45) is 2.23. The molecule has 0 aliphatic rings. The van der Waals surface area contributed by atoms with Crippen LogP contribution in [-0.4, -0.2) is 27.4 Å². The normalized spacial score (nSPS) is 10.9. The van der Waals surface area contributed by atoms with Crippen LogP contribution in [0.15, 0.2) is 18.5 Å². The van der Waals surface area contributed by atoms with Gasteiger partial charge in [-0.25, -0.2) is 4.39 Å². The van der Waals surface area contributed by atoms with Crippen LogP contribution in [-0.2, 0) is 13.5 Å². The number of nitrogen functional groups attached to an aromatic ring is 1. The first kappa shape index (κ1) is 15.1. The molecule has 0 bridgehead atoms. The zero-order valence-electron chi connectivity index (χ0n) is 12.4. The lowest BCUT2D eigenvalue weighted by Crippen LogP contribution is -2.12.